The molecule has 0 aromatic heterocycles. The molecule has 0 saturated carbocycles. The van der Waals surface area contributed by atoms with Gasteiger partial charge >= 0.3 is 0 Å². The van der Waals surface area contributed by atoms with Gasteiger partial charge in [0.1, 0.15) is 5.78 Å². The summed E-state index contributed by atoms with van der Waals surface area (Å²) >= 11 is 5.97. The van der Waals surface area contributed by atoms with Gasteiger partial charge in [0.05, 0.1) is 6.04 Å². The van der Waals surface area contributed by atoms with Crippen molar-refractivity contribution >= 4 is 23.2 Å². The molecule has 1 aromatic rings. The summed E-state index contributed by atoms with van der Waals surface area (Å²) in [4.78, 5) is 28.1. The summed E-state index contributed by atoms with van der Waals surface area (Å²) in [7, 11) is 0. The van der Waals surface area contributed by atoms with Crippen molar-refractivity contribution in [3.05, 3.63) is 83.6 Å². The van der Waals surface area contributed by atoms with E-state index in [2.05, 4.69) is 31.1 Å². The zero-order chi connectivity index (χ0) is 24.6. The van der Waals surface area contributed by atoms with E-state index in [1.54, 1.807) is 6.08 Å². The normalized spacial score (nSPS) is 12.5. The first kappa shape index (κ1) is 28.6. The lowest BCUT2D eigenvalue weighted by Gasteiger charge is -2.34. The van der Waals surface area contributed by atoms with E-state index in [4.69, 9.17) is 11.6 Å². The third-order valence-electron chi connectivity index (χ3n) is 5.73. The van der Waals surface area contributed by atoms with Gasteiger partial charge in [-0.05, 0) is 63.6 Å². The van der Waals surface area contributed by atoms with Crippen molar-refractivity contribution in [3.8, 4) is 0 Å². The van der Waals surface area contributed by atoms with Crippen LogP contribution in [0.15, 0.2) is 73.0 Å². The molecule has 0 heterocycles. The Morgan fingerprint density at radius 2 is 1.85 bits per heavy atom. The number of carbonyl (C=O) groups excluding carboxylic acids is 2. The number of aryl methyl sites for hydroxylation is 1. The van der Waals surface area contributed by atoms with Crippen molar-refractivity contribution in [2.24, 2.45) is 0 Å². The molecule has 0 aliphatic carbocycles. The van der Waals surface area contributed by atoms with Gasteiger partial charge in [-0.25, -0.2) is 0 Å². The number of Topliss-reactive ketones (excluding diaryl/α,β-unsaturated/α-hetero) is 2. The molecule has 1 unspecified atom stereocenters. The first-order valence-electron chi connectivity index (χ1n) is 11.9. The fourth-order valence-corrected chi connectivity index (χ4v) is 3.77. The summed E-state index contributed by atoms with van der Waals surface area (Å²) in [5, 5.41) is 0.709. The van der Waals surface area contributed by atoms with Crippen LogP contribution in [0, 0.1) is 0 Å². The van der Waals surface area contributed by atoms with Crippen molar-refractivity contribution in [3.63, 3.8) is 0 Å². The fraction of sp³-hybridized carbons (Fsp3) is 0.448. The highest BCUT2D eigenvalue weighted by Gasteiger charge is 2.28. The van der Waals surface area contributed by atoms with E-state index in [0.717, 1.165) is 36.9 Å². The highest BCUT2D eigenvalue weighted by atomic mass is 35.5. The molecule has 1 rings (SSSR count). The third kappa shape index (κ3) is 11.3. The molecule has 1 aromatic carbocycles. The minimum Gasteiger partial charge on any atom is -0.365 e. The minimum atomic E-state index is -0.463. The summed E-state index contributed by atoms with van der Waals surface area (Å²) in [6.45, 7) is 14.7. The van der Waals surface area contributed by atoms with Crippen LogP contribution >= 0.6 is 11.6 Å². The van der Waals surface area contributed by atoms with E-state index in [-0.39, 0.29) is 18.0 Å². The SMILES string of the molecule is C=CCCC(=O)CC(C(=O)CCCc1ccc(Cl)cc1)N(CC/C(C)=C/C=C\C)C(=C)CC. The number of benzene rings is 1. The van der Waals surface area contributed by atoms with Crippen LogP contribution in [-0.2, 0) is 16.0 Å². The van der Waals surface area contributed by atoms with Gasteiger partial charge in [-0.1, -0.05) is 67.1 Å². The summed E-state index contributed by atoms with van der Waals surface area (Å²) in [6.07, 6.45) is 12.7. The zero-order valence-corrected chi connectivity index (χ0v) is 21.4. The second-order valence-electron chi connectivity index (χ2n) is 8.43. The molecule has 0 fully saturated rings. The molecule has 4 heteroatoms. The Morgan fingerprint density at radius 1 is 1.15 bits per heavy atom. The molecule has 0 aliphatic heterocycles. The molecule has 1 atom stereocenters. The van der Waals surface area contributed by atoms with Gasteiger partial charge in [0.15, 0.2) is 5.78 Å². The van der Waals surface area contributed by atoms with Gasteiger partial charge < -0.3 is 4.90 Å². The number of carbonyl (C=O) groups is 2. The lowest BCUT2D eigenvalue weighted by atomic mass is 9.95. The van der Waals surface area contributed by atoms with Gasteiger partial charge in [-0.3, -0.25) is 9.59 Å². The van der Waals surface area contributed by atoms with Gasteiger partial charge in [0.2, 0.25) is 0 Å². The Hall–Kier alpha value is -2.39. The van der Waals surface area contributed by atoms with E-state index < -0.39 is 6.04 Å². The van der Waals surface area contributed by atoms with Crippen LogP contribution in [-0.4, -0.2) is 29.1 Å². The fourth-order valence-electron chi connectivity index (χ4n) is 3.64. The molecular formula is C29H40ClNO2. The van der Waals surface area contributed by atoms with E-state index in [0.29, 0.717) is 30.8 Å². The van der Waals surface area contributed by atoms with Crippen LogP contribution in [0.25, 0.3) is 0 Å². The van der Waals surface area contributed by atoms with Crippen molar-refractivity contribution < 1.29 is 9.59 Å². The number of rotatable bonds is 17. The molecule has 0 bridgehead atoms. The molecular weight excluding hydrogens is 430 g/mol. The number of ketones is 2. The monoisotopic (exact) mass is 469 g/mol. The molecule has 33 heavy (non-hydrogen) atoms. The lowest BCUT2D eigenvalue weighted by molar-refractivity contribution is -0.128. The van der Waals surface area contributed by atoms with Crippen molar-refractivity contribution in [2.45, 2.75) is 78.2 Å². The summed E-state index contributed by atoms with van der Waals surface area (Å²) in [5.41, 5.74) is 3.29. The van der Waals surface area contributed by atoms with Crippen LogP contribution in [0.4, 0.5) is 0 Å². The van der Waals surface area contributed by atoms with Crippen molar-refractivity contribution in [1.29, 1.82) is 0 Å². The standard InChI is InChI=1S/C29H40ClNO2/c1-6-9-12-23(4)20-21-31(24(5)8-3)28(22-27(32)14-10-7-2)29(33)15-11-13-25-16-18-26(30)19-17-25/h6-7,9,12,16-19,28H,2,5,8,10-11,13-15,20-22H2,1,3-4H3/b9-6-,23-12+. The predicted octanol–water partition coefficient (Wildman–Crippen LogP) is 7.66. The molecule has 0 spiro atoms. The Kier molecular flexibility index (Phi) is 14.1. The zero-order valence-electron chi connectivity index (χ0n) is 20.6. The number of allylic oxidation sites excluding steroid dienone is 5. The Balaban J connectivity index is 2.96. The maximum Gasteiger partial charge on any atom is 0.155 e. The lowest BCUT2D eigenvalue weighted by Crippen LogP contribution is -2.42. The summed E-state index contributed by atoms with van der Waals surface area (Å²) in [5.74, 6) is 0.210. The maximum atomic E-state index is 13.4. The Bertz CT molecular complexity index is 836. The molecule has 0 N–H and O–H groups in total. The van der Waals surface area contributed by atoms with Gasteiger partial charge in [0.25, 0.3) is 0 Å². The second-order valence-corrected chi connectivity index (χ2v) is 8.87. The van der Waals surface area contributed by atoms with Crippen LogP contribution in [0.3, 0.4) is 0 Å². The van der Waals surface area contributed by atoms with E-state index in [1.807, 2.05) is 50.3 Å². The molecule has 0 amide bonds. The van der Waals surface area contributed by atoms with E-state index in [9.17, 15) is 9.59 Å². The topological polar surface area (TPSA) is 37.4 Å². The van der Waals surface area contributed by atoms with Gasteiger partial charge in [-0.2, -0.15) is 0 Å². The summed E-state index contributed by atoms with van der Waals surface area (Å²) < 4.78 is 0. The number of nitrogens with zero attached hydrogens (tertiary/aromatic N) is 1. The quantitative estimate of drug-likeness (QED) is 0.173. The van der Waals surface area contributed by atoms with E-state index >= 15 is 0 Å². The van der Waals surface area contributed by atoms with Gasteiger partial charge in [-0.15, -0.1) is 6.58 Å². The number of hydrogen-bond acceptors (Lipinski definition) is 3. The first-order valence-corrected chi connectivity index (χ1v) is 12.3. The number of halogens is 1. The van der Waals surface area contributed by atoms with Crippen LogP contribution in [0.5, 0.6) is 0 Å². The highest BCUT2D eigenvalue weighted by molar-refractivity contribution is 6.30. The molecule has 3 nitrogen and oxygen atoms in total. The third-order valence-corrected chi connectivity index (χ3v) is 5.98. The van der Waals surface area contributed by atoms with Crippen molar-refractivity contribution in [2.75, 3.05) is 6.54 Å². The number of hydrogen-bond donors (Lipinski definition) is 0. The highest BCUT2D eigenvalue weighted by Crippen LogP contribution is 2.21. The van der Waals surface area contributed by atoms with Crippen LogP contribution in [0.2, 0.25) is 5.02 Å². The molecule has 0 saturated heterocycles. The maximum absolute atomic E-state index is 13.4. The molecule has 0 aliphatic rings. The Morgan fingerprint density at radius 3 is 2.45 bits per heavy atom. The predicted molar refractivity (Wildman–Crippen MR) is 142 cm³/mol. The average Bonchev–Trinajstić information content (AvgIpc) is 2.81. The first-order chi connectivity index (χ1) is 15.8. The van der Waals surface area contributed by atoms with Gasteiger partial charge in [0, 0.05) is 36.5 Å². The average molecular weight is 470 g/mol. The Labute approximate surface area is 205 Å². The van der Waals surface area contributed by atoms with E-state index in [1.165, 1.54) is 5.57 Å². The molecule has 180 valence electrons. The smallest absolute Gasteiger partial charge is 0.155 e. The van der Waals surface area contributed by atoms with Crippen LogP contribution < -0.4 is 0 Å². The molecule has 0 radical (unpaired) electrons. The summed E-state index contributed by atoms with van der Waals surface area (Å²) in [6, 6.07) is 7.27. The minimum absolute atomic E-state index is 0.0982. The van der Waals surface area contributed by atoms with Crippen LogP contribution in [0.1, 0.15) is 71.3 Å². The largest absolute Gasteiger partial charge is 0.365 e. The van der Waals surface area contributed by atoms with Crippen molar-refractivity contribution in [1.82, 2.24) is 4.90 Å². The second kappa shape index (κ2) is 16.3.